The number of carbonyl (C=O) groups is 1. The molecule has 9 heteroatoms. The molecule has 0 radical (unpaired) electrons. The van der Waals surface area contributed by atoms with Crippen molar-refractivity contribution >= 4 is 17.4 Å². The maximum Gasteiger partial charge on any atom is 0.319 e. The van der Waals surface area contributed by atoms with Crippen molar-refractivity contribution in [2.24, 2.45) is 0 Å². The minimum absolute atomic E-state index is 0.0433. The molecule has 2 rings (SSSR count). The number of amides is 2. The third kappa shape index (κ3) is 3.51. The van der Waals surface area contributed by atoms with Crippen LogP contribution in [0, 0.1) is 17.0 Å². The highest BCUT2D eigenvalue weighted by Crippen LogP contribution is 2.15. The lowest BCUT2D eigenvalue weighted by Crippen LogP contribution is -2.28. The van der Waals surface area contributed by atoms with Crippen LogP contribution in [-0.2, 0) is 6.54 Å². The van der Waals surface area contributed by atoms with Crippen molar-refractivity contribution in [2.75, 3.05) is 5.32 Å². The van der Waals surface area contributed by atoms with E-state index in [1.165, 1.54) is 24.3 Å². The van der Waals surface area contributed by atoms with E-state index in [-0.39, 0.29) is 12.2 Å². The highest BCUT2D eigenvalue weighted by atomic mass is 16.6. The second-order valence-corrected chi connectivity index (χ2v) is 3.84. The number of nitro groups is 1. The third-order valence-corrected chi connectivity index (χ3v) is 2.31. The van der Waals surface area contributed by atoms with Crippen LogP contribution in [0.4, 0.5) is 16.2 Å². The number of rotatable bonds is 4. The number of non-ortho nitro benzene ring substituents is 1. The fourth-order valence-electron chi connectivity index (χ4n) is 1.41. The lowest BCUT2D eigenvalue weighted by Gasteiger charge is -2.05. The highest BCUT2D eigenvalue weighted by molar-refractivity contribution is 5.89. The summed E-state index contributed by atoms with van der Waals surface area (Å²) < 4.78 is 4.75. The van der Waals surface area contributed by atoms with Gasteiger partial charge in [0.25, 0.3) is 5.69 Å². The standard InChI is InChI=1S/C11H11N5O4/c1-7-13-10(15-20-7)6-12-11(17)14-8-2-4-9(5-3-8)16(18)19/h2-5H,6H2,1H3,(H2,12,14,17). The SMILES string of the molecule is Cc1nc(CNC(=O)Nc2ccc([N+](=O)[O-])cc2)no1. The molecule has 0 spiro atoms. The number of nitrogens with zero attached hydrogens (tertiary/aromatic N) is 3. The summed E-state index contributed by atoms with van der Waals surface area (Å²) in [5.41, 5.74) is 0.399. The molecule has 1 aromatic heterocycles. The first-order valence-corrected chi connectivity index (χ1v) is 5.63. The Kier molecular flexibility index (Phi) is 3.89. The van der Waals surface area contributed by atoms with E-state index in [1.54, 1.807) is 6.92 Å². The molecule has 0 aliphatic rings. The normalized spacial score (nSPS) is 10.1. The molecule has 104 valence electrons. The van der Waals surface area contributed by atoms with E-state index < -0.39 is 11.0 Å². The smallest absolute Gasteiger partial charge is 0.319 e. The van der Waals surface area contributed by atoms with E-state index in [1.807, 2.05) is 0 Å². The number of carbonyl (C=O) groups excluding carboxylic acids is 1. The van der Waals surface area contributed by atoms with Crippen LogP contribution in [0.1, 0.15) is 11.7 Å². The Morgan fingerprint density at radius 3 is 2.65 bits per heavy atom. The molecular formula is C11H11N5O4. The number of benzene rings is 1. The fraction of sp³-hybridized carbons (Fsp3) is 0.182. The average molecular weight is 277 g/mol. The predicted octanol–water partition coefficient (Wildman–Crippen LogP) is 1.61. The van der Waals surface area contributed by atoms with Gasteiger partial charge < -0.3 is 15.2 Å². The summed E-state index contributed by atoms with van der Waals surface area (Å²) in [5, 5.41) is 19.2. The number of nitro benzene ring substituents is 1. The molecule has 0 unspecified atom stereocenters. The molecule has 2 amide bonds. The molecule has 0 saturated carbocycles. The van der Waals surface area contributed by atoms with Gasteiger partial charge in [-0.1, -0.05) is 5.16 Å². The van der Waals surface area contributed by atoms with Crippen molar-refractivity contribution in [3.05, 3.63) is 46.1 Å². The lowest BCUT2D eigenvalue weighted by atomic mass is 10.3. The van der Waals surface area contributed by atoms with Gasteiger partial charge in [0.2, 0.25) is 5.89 Å². The van der Waals surface area contributed by atoms with Crippen LogP contribution >= 0.6 is 0 Å². The monoisotopic (exact) mass is 277 g/mol. The highest BCUT2D eigenvalue weighted by Gasteiger charge is 2.07. The van der Waals surface area contributed by atoms with Crippen molar-refractivity contribution in [1.29, 1.82) is 0 Å². The van der Waals surface area contributed by atoms with Gasteiger partial charge in [-0.05, 0) is 12.1 Å². The van der Waals surface area contributed by atoms with Crippen LogP contribution in [0.3, 0.4) is 0 Å². The average Bonchev–Trinajstić information content (AvgIpc) is 2.83. The number of urea groups is 1. The maximum absolute atomic E-state index is 11.6. The van der Waals surface area contributed by atoms with Gasteiger partial charge >= 0.3 is 6.03 Å². The zero-order chi connectivity index (χ0) is 14.5. The molecular weight excluding hydrogens is 266 g/mol. The summed E-state index contributed by atoms with van der Waals surface area (Å²) in [6, 6.07) is 5.02. The first-order chi connectivity index (χ1) is 9.54. The molecule has 0 saturated heterocycles. The van der Waals surface area contributed by atoms with Gasteiger partial charge in [-0.15, -0.1) is 0 Å². The van der Waals surface area contributed by atoms with E-state index in [4.69, 9.17) is 4.52 Å². The first-order valence-electron chi connectivity index (χ1n) is 5.63. The predicted molar refractivity (Wildman–Crippen MR) is 68.0 cm³/mol. The fourth-order valence-corrected chi connectivity index (χ4v) is 1.41. The van der Waals surface area contributed by atoms with E-state index in [0.717, 1.165) is 0 Å². The zero-order valence-corrected chi connectivity index (χ0v) is 10.5. The Labute approximate surface area is 113 Å². The van der Waals surface area contributed by atoms with Crippen LogP contribution in [0.5, 0.6) is 0 Å². The summed E-state index contributed by atoms with van der Waals surface area (Å²) in [7, 11) is 0. The Balaban J connectivity index is 1.86. The van der Waals surface area contributed by atoms with Crippen LogP contribution in [0.25, 0.3) is 0 Å². The molecule has 0 atom stereocenters. The minimum Gasteiger partial charge on any atom is -0.340 e. The molecule has 2 N–H and O–H groups in total. The van der Waals surface area contributed by atoms with E-state index >= 15 is 0 Å². The summed E-state index contributed by atoms with van der Waals surface area (Å²) in [6.07, 6.45) is 0. The quantitative estimate of drug-likeness (QED) is 0.646. The van der Waals surface area contributed by atoms with Crippen molar-refractivity contribution in [1.82, 2.24) is 15.5 Å². The summed E-state index contributed by atoms with van der Waals surface area (Å²) in [6.45, 7) is 1.77. The van der Waals surface area contributed by atoms with Gasteiger partial charge in [-0.25, -0.2) is 4.79 Å². The molecule has 0 aliphatic carbocycles. The first kappa shape index (κ1) is 13.5. The van der Waals surface area contributed by atoms with Gasteiger partial charge in [-0.2, -0.15) is 4.98 Å². The Morgan fingerprint density at radius 2 is 2.10 bits per heavy atom. The van der Waals surface area contributed by atoms with Gasteiger partial charge in [0.1, 0.15) is 0 Å². The number of anilines is 1. The summed E-state index contributed by atoms with van der Waals surface area (Å²) in [5.74, 6) is 0.777. The van der Waals surface area contributed by atoms with Crippen LogP contribution in [-0.4, -0.2) is 21.1 Å². The lowest BCUT2D eigenvalue weighted by molar-refractivity contribution is -0.384. The number of aromatic nitrogens is 2. The maximum atomic E-state index is 11.6. The Hall–Kier alpha value is -2.97. The molecule has 1 heterocycles. The van der Waals surface area contributed by atoms with Gasteiger partial charge in [0, 0.05) is 24.7 Å². The van der Waals surface area contributed by atoms with Crippen molar-refractivity contribution in [3.8, 4) is 0 Å². The van der Waals surface area contributed by atoms with Gasteiger partial charge in [0.05, 0.1) is 11.5 Å². The third-order valence-electron chi connectivity index (χ3n) is 2.31. The molecule has 0 fully saturated rings. The molecule has 1 aromatic carbocycles. The van der Waals surface area contributed by atoms with Crippen molar-refractivity contribution in [3.63, 3.8) is 0 Å². The van der Waals surface area contributed by atoms with E-state index in [9.17, 15) is 14.9 Å². The Bertz CT molecular complexity index is 622. The molecule has 9 nitrogen and oxygen atoms in total. The van der Waals surface area contributed by atoms with Crippen LogP contribution in [0.15, 0.2) is 28.8 Å². The van der Waals surface area contributed by atoms with Crippen molar-refractivity contribution in [2.45, 2.75) is 13.5 Å². The number of nitrogens with one attached hydrogen (secondary N) is 2. The molecule has 0 aliphatic heterocycles. The molecule has 0 bridgehead atoms. The summed E-state index contributed by atoms with van der Waals surface area (Å²) >= 11 is 0. The Morgan fingerprint density at radius 1 is 1.40 bits per heavy atom. The van der Waals surface area contributed by atoms with Crippen LogP contribution < -0.4 is 10.6 Å². The van der Waals surface area contributed by atoms with E-state index in [2.05, 4.69) is 20.8 Å². The van der Waals surface area contributed by atoms with Gasteiger partial charge in [-0.3, -0.25) is 10.1 Å². The van der Waals surface area contributed by atoms with Crippen molar-refractivity contribution < 1.29 is 14.2 Å². The van der Waals surface area contributed by atoms with Crippen LogP contribution in [0.2, 0.25) is 0 Å². The number of hydrogen-bond donors (Lipinski definition) is 2. The molecule has 20 heavy (non-hydrogen) atoms. The van der Waals surface area contributed by atoms with E-state index in [0.29, 0.717) is 17.4 Å². The largest absolute Gasteiger partial charge is 0.340 e. The minimum atomic E-state index is -0.511. The zero-order valence-electron chi connectivity index (χ0n) is 10.5. The molecule has 2 aromatic rings. The second-order valence-electron chi connectivity index (χ2n) is 3.84. The number of aryl methyl sites for hydroxylation is 1. The second kappa shape index (κ2) is 5.78. The number of hydrogen-bond acceptors (Lipinski definition) is 6. The topological polar surface area (TPSA) is 123 Å². The van der Waals surface area contributed by atoms with Gasteiger partial charge in [0.15, 0.2) is 5.82 Å². The summed E-state index contributed by atoms with van der Waals surface area (Å²) in [4.78, 5) is 25.5.